The van der Waals surface area contributed by atoms with Gasteiger partial charge < -0.3 is 10.1 Å². The summed E-state index contributed by atoms with van der Waals surface area (Å²) in [6.45, 7) is 3.36. The zero-order chi connectivity index (χ0) is 15.1. The van der Waals surface area contributed by atoms with Crippen LogP contribution in [0.3, 0.4) is 0 Å². The molecule has 0 spiro atoms. The van der Waals surface area contributed by atoms with Gasteiger partial charge in [-0.3, -0.25) is 0 Å². The number of likely N-dealkylation sites (N-methyl/N-ethyl adjacent to an activating group) is 1. The lowest BCUT2D eigenvalue weighted by Crippen LogP contribution is -2.36. The topological polar surface area (TPSA) is 21.3 Å². The Bertz CT molecular complexity index is 562. The minimum atomic E-state index is -0.188. The van der Waals surface area contributed by atoms with Crippen LogP contribution in [0.4, 0.5) is 4.39 Å². The minimum Gasteiger partial charge on any atom is -0.492 e. The van der Waals surface area contributed by atoms with Crippen LogP contribution in [0, 0.1) is 5.82 Å². The SMILES string of the molecule is CCNC(COc1ccccc1)Cc1ccc(Br)cc1F. The second-order valence-corrected chi connectivity index (χ2v) is 5.73. The van der Waals surface area contributed by atoms with Crippen LogP contribution in [-0.2, 0) is 6.42 Å². The van der Waals surface area contributed by atoms with E-state index in [1.165, 1.54) is 6.07 Å². The van der Waals surface area contributed by atoms with Gasteiger partial charge in [-0.2, -0.15) is 0 Å². The molecule has 0 aliphatic heterocycles. The Hall–Kier alpha value is -1.39. The number of hydrogen-bond acceptors (Lipinski definition) is 2. The van der Waals surface area contributed by atoms with Crippen LogP contribution in [0.5, 0.6) is 5.75 Å². The molecule has 2 nitrogen and oxygen atoms in total. The lowest BCUT2D eigenvalue weighted by atomic mass is 10.1. The Balaban J connectivity index is 1.98. The van der Waals surface area contributed by atoms with Crippen molar-refractivity contribution in [1.82, 2.24) is 5.32 Å². The molecular formula is C17H19BrFNO. The molecule has 0 aliphatic carbocycles. The molecule has 1 unspecified atom stereocenters. The number of hydrogen-bond donors (Lipinski definition) is 1. The van der Waals surface area contributed by atoms with Gasteiger partial charge in [0.25, 0.3) is 0 Å². The highest BCUT2D eigenvalue weighted by Gasteiger charge is 2.12. The first kappa shape index (κ1) is 16.0. The average molecular weight is 352 g/mol. The molecule has 1 atom stereocenters. The van der Waals surface area contributed by atoms with Crippen molar-refractivity contribution < 1.29 is 9.13 Å². The van der Waals surface area contributed by atoms with Gasteiger partial charge in [-0.05, 0) is 42.8 Å². The van der Waals surface area contributed by atoms with Gasteiger partial charge in [-0.25, -0.2) is 4.39 Å². The van der Waals surface area contributed by atoms with Crippen LogP contribution >= 0.6 is 15.9 Å². The van der Waals surface area contributed by atoms with Gasteiger partial charge >= 0.3 is 0 Å². The van der Waals surface area contributed by atoms with Gasteiger partial charge in [-0.1, -0.05) is 47.1 Å². The molecule has 0 amide bonds. The van der Waals surface area contributed by atoms with Gasteiger partial charge in [0.2, 0.25) is 0 Å². The maximum atomic E-state index is 13.9. The van der Waals surface area contributed by atoms with Gasteiger partial charge in [0.1, 0.15) is 18.2 Å². The highest BCUT2D eigenvalue weighted by atomic mass is 79.9. The van der Waals surface area contributed by atoms with Crippen molar-refractivity contribution in [2.75, 3.05) is 13.2 Å². The molecule has 2 rings (SSSR count). The Morgan fingerprint density at radius 2 is 1.95 bits per heavy atom. The second-order valence-electron chi connectivity index (χ2n) is 4.82. The fraction of sp³-hybridized carbons (Fsp3) is 0.294. The zero-order valence-corrected chi connectivity index (χ0v) is 13.6. The Morgan fingerprint density at radius 1 is 1.19 bits per heavy atom. The predicted molar refractivity (Wildman–Crippen MR) is 87.2 cm³/mol. The van der Waals surface area contributed by atoms with Crippen LogP contribution in [-0.4, -0.2) is 19.2 Å². The molecule has 0 heterocycles. The highest BCUT2D eigenvalue weighted by molar-refractivity contribution is 9.10. The van der Waals surface area contributed by atoms with Crippen molar-refractivity contribution in [3.05, 3.63) is 64.4 Å². The molecule has 0 saturated heterocycles. The summed E-state index contributed by atoms with van der Waals surface area (Å²) in [4.78, 5) is 0. The van der Waals surface area contributed by atoms with Crippen LogP contribution in [0.15, 0.2) is 53.0 Å². The van der Waals surface area contributed by atoms with Crippen LogP contribution in [0.1, 0.15) is 12.5 Å². The molecule has 112 valence electrons. The summed E-state index contributed by atoms with van der Waals surface area (Å²) in [5.74, 6) is 0.642. The molecule has 2 aromatic rings. The van der Waals surface area contributed by atoms with Crippen LogP contribution in [0.2, 0.25) is 0 Å². The molecule has 0 saturated carbocycles. The number of benzene rings is 2. The van der Waals surface area contributed by atoms with E-state index in [1.807, 2.05) is 49.4 Å². The van der Waals surface area contributed by atoms with Crippen molar-refractivity contribution in [2.24, 2.45) is 0 Å². The van der Waals surface area contributed by atoms with E-state index in [0.29, 0.717) is 18.6 Å². The van der Waals surface area contributed by atoms with Gasteiger partial charge in [0, 0.05) is 10.5 Å². The largest absolute Gasteiger partial charge is 0.492 e. The molecule has 0 bridgehead atoms. The van der Waals surface area contributed by atoms with E-state index in [2.05, 4.69) is 21.2 Å². The summed E-state index contributed by atoms with van der Waals surface area (Å²) in [5, 5.41) is 3.34. The smallest absolute Gasteiger partial charge is 0.127 e. The van der Waals surface area contributed by atoms with E-state index in [-0.39, 0.29) is 11.9 Å². The monoisotopic (exact) mass is 351 g/mol. The quantitative estimate of drug-likeness (QED) is 0.807. The Kier molecular flexibility index (Phi) is 6.21. The Labute approximate surface area is 133 Å². The maximum Gasteiger partial charge on any atom is 0.127 e. The van der Waals surface area contributed by atoms with E-state index >= 15 is 0 Å². The summed E-state index contributed by atoms with van der Waals surface area (Å²) in [6, 6.07) is 14.9. The third-order valence-corrected chi connectivity index (χ3v) is 3.66. The van der Waals surface area contributed by atoms with Crippen molar-refractivity contribution in [1.29, 1.82) is 0 Å². The van der Waals surface area contributed by atoms with Crippen molar-refractivity contribution in [3.63, 3.8) is 0 Å². The van der Waals surface area contributed by atoms with E-state index in [0.717, 1.165) is 16.8 Å². The molecule has 4 heteroatoms. The van der Waals surface area contributed by atoms with Gasteiger partial charge in [0.15, 0.2) is 0 Å². The molecule has 2 aromatic carbocycles. The van der Waals surface area contributed by atoms with E-state index in [4.69, 9.17) is 4.74 Å². The number of ether oxygens (including phenoxy) is 1. The van der Waals surface area contributed by atoms with Gasteiger partial charge in [-0.15, -0.1) is 0 Å². The third-order valence-electron chi connectivity index (χ3n) is 3.17. The first-order chi connectivity index (χ1) is 10.2. The molecule has 0 radical (unpaired) electrons. The van der Waals surface area contributed by atoms with Crippen molar-refractivity contribution in [3.8, 4) is 5.75 Å². The second kappa shape index (κ2) is 8.15. The summed E-state index contributed by atoms with van der Waals surface area (Å²) in [7, 11) is 0. The fourth-order valence-electron chi connectivity index (χ4n) is 2.14. The minimum absolute atomic E-state index is 0.0749. The van der Waals surface area contributed by atoms with E-state index in [9.17, 15) is 4.39 Å². The highest BCUT2D eigenvalue weighted by Crippen LogP contribution is 2.17. The zero-order valence-electron chi connectivity index (χ0n) is 12.0. The van der Waals surface area contributed by atoms with Crippen molar-refractivity contribution in [2.45, 2.75) is 19.4 Å². The molecule has 0 fully saturated rings. The predicted octanol–water partition coefficient (Wildman–Crippen LogP) is 4.19. The normalized spacial score (nSPS) is 12.1. The summed E-state index contributed by atoms with van der Waals surface area (Å²) in [5.41, 5.74) is 0.695. The summed E-state index contributed by atoms with van der Waals surface area (Å²) < 4.78 is 20.4. The first-order valence-electron chi connectivity index (χ1n) is 7.04. The van der Waals surface area contributed by atoms with Gasteiger partial charge in [0.05, 0.1) is 0 Å². The summed E-state index contributed by atoms with van der Waals surface area (Å²) >= 11 is 3.27. The number of para-hydroxylation sites is 1. The molecule has 1 N–H and O–H groups in total. The maximum absolute atomic E-state index is 13.9. The number of nitrogens with one attached hydrogen (secondary N) is 1. The average Bonchev–Trinajstić information content (AvgIpc) is 2.49. The van der Waals surface area contributed by atoms with Crippen LogP contribution in [0.25, 0.3) is 0 Å². The standard InChI is InChI=1S/C17H19BrFNO/c1-2-20-15(12-21-16-6-4-3-5-7-16)10-13-8-9-14(18)11-17(13)19/h3-9,11,15,20H,2,10,12H2,1H3. The van der Waals surface area contributed by atoms with E-state index < -0.39 is 0 Å². The number of rotatable bonds is 7. The lowest BCUT2D eigenvalue weighted by molar-refractivity contribution is 0.264. The molecule has 21 heavy (non-hydrogen) atoms. The summed E-state index contributed by atoms with van der Waals surface area (Å²) in [6.07, 6.45) is 0.597. The van der Waals surface area contributed by atoms with Crippen molar-refractivity contribution >= 4 is 15.9 Å². The van der Waals surface area contributed by atoms with Crippen LogP contribution < -0.4 is 10.1 Å². The molecule has 0 aliphatic rings. The lowest BCUT2D eigenvalue weighted by Gasteiger charge is -2.19. The first-order valence-corrected chi connectivity index (χ1v) is 7.83. The molecule has 0 aromatic heterocycles. The fourth-order valence-corrected chi connectivity index (χ4v) is 2.48. The third kappa shape index (κ3) is 5.14. The Morgan fingerprint density at radius 3 is 2.62 bits per heavy atom. The number of halogens is 2. The molecular weight excluding hydrogens is 333 g/mol. The van der Waals surface area contributed by atoms with E-state index in [1.54, 1.807) is 0 Å².